The van der Waals surface area contributed by atoms with Gasteiger partial charge in [0.1, 0.15) is 18.6 Å². The van der Waals surface area contributed by atoms with Crippen molar-refractivity contribution in [3.8, 4) is 17.2 Å². The van der Waals surface area contributed by atoms with Crippen molar-refractivity contribution in [1.29, 1.82) is 0 Å². The predicted molar refractivity (Wildman–Crippen MR) is 96.5 cm³/mol. The van der Waals surface area contributed by atoms with E-state index in [1.165, 1.54) is 6.26 Å². The van der Waals surface area contributed by atoms with Crippen molar-refractivity contribution in [2.24, 2.45) is 11.7 Å². The van der Waals surface area contributed by atoms with Gasteiger partial charge in [-0.15, -0.1) is 0 Å². The number of primary amides is 1. The first-order valence-corrected chi connectivity index (χ1v) is 8.82. The van der Waals surface area contributed by atoms with E-state index in [9.17, 15) is 9.90 Å². The number of nitrogens with two attached hydrogens (primary N) is 1. The molecule has 8 heteroatoms. The molecule has 0 radical (unpaired) electrons. The lowest BCUT2D eigenvalue weighted by atomic mass is 9.96. The van der Waals surface area contributed by atoms with E-state index in [4.69, 9.17) is 14.9 Å². The van der Waals surface area contributed by atoms with Gasteiger partial charge in [-0.3, -0.25) is 4.79 Å². The molecule has 3 heterocycles. The van der Waals surface area contributed by atoms with E-state index in [0.717, 1.165) is 55.2 Å². The van der Waals surface area contributed by atoms with Crippen LogP contribution < -0.4 is 20.7 Å². The van der Waals surface area contributed by atoms with Crippen molar-refractivity contribution in [2.45, 2.75) is 12.8 Å². The van der Waals surface area contributed by atoms with Gasteiger partial charge >= 0.3 is 0 Å². The highest BCUT2D eigenvalue weighted by Gasteiger charge is 2.25. The number of nitrogens with zero attached hydrogens (tertiary/aromatic N) is 2. The molecule has 4 N–H and O–H groups in total. The monoisotopic (exact) mass is 358 g/mol. The van der Waals surface area contributed by atoms with Gasteiger partial charge in [0, 0.05) is 32.3 Å². The highest BCUT2D eigenvalue weighted by molar-refractivity contribution is 5.91. The highest BCUT2D eigenvalue weighted by Crippen LogP contribution is 2.41. The number of fused-ring (bicyclic) bond motifs is 1. The zero-order valence-electron chi connectivity index (χ0n) is 14.4. The first kappa shape index (κ1) is 16.7. The number of aliphatic hydroxyl groups excluding tert-OH is 1. The van der Waals surface area contributed by atoms with Crippen LogP contribution in [0.3, 0.4) is 0 Å². The number of carbonyl (C=O) groups excluding carboxylic acids is 1. The quantitative estimate of drug-likeness (QED) is 0.758. The van der Waals surface area contributed by atoms with E-state index >= 15 is 0 Å². The van der Waals surface area contributed by atoms with Crippen LogP contribution in [0.15, 0.2) is 22.8 Å². The summed E-state index contributed by atoms with van der Waals surface area (Å²) in [5.74, 6) is 0.868. The molecule has 0 aliphatic carbocycles. The Hall–Kier alpha value is -2.74. The molecule has 1 fully saturated rings. The Morgan fingerprint density at radius 1 is 1.38 bits per heavy atom. The molecule has 4 rings (SSSR count). The summed E-state index contributed by atoms with van der Waals surface area (Å²) in [7, 11) is 0. The van der Waals surface area contributed by atoms with E-state index < -0.39 is 5.91 Å². The molecule has 26 heavy (non-hydrogen) atoms. The maximum atomic E-state index is 11.4. The molecule has 0 unspecified atom stereocenters. The van der Waals surface area contributed by atoms with E-state index in [-0.39, 0.29) is 12.3 Å². The minimum atomic E-state index is -0.621. The average molecular weight is 358 g/mol. The molecule has 1 aromatic carbocycles. The molecule has 0 saturated carbocycles. The number of oxazole rings is 1. The van der Waals surface area contributed by atoms with Crippen molar-refractivity contribution in [1.82, 2.24) is 4.98 Å². The Balaban J connectivity index is 1.74. The number of hydrogen-bond donors (Lipinski definition) is 3. The molecule has 1 saturated heterocycles. The first-order valence-electron chi connectivity index (χ1n) is 8.82. The van der Waals surface area contributed by atoms with Gasteiger partial charge in [-0.1, -0.05) is 0 Å². The lowest BCUT2D eigenvalue weighted by molar-refractivity contribution is 0.0995. The molecule has 2 aliphatic rings. The molecule has 8 nitrogen and oxygen atoms in total. The summed E-state index contributed by atoms with van der Waals surface area (Å²) < 4.78 is 11.3. The molecule has 2 aliphatic heterocycles. The predicted octanol–water partition coefficient (Wildman–Crippen LogP) is 1.45. The zero-order chi connectivity index (χ0) is 18.1. The number of aromatic nitrogens is 1. The Bertz CT molecular complexity index is 812. The van der Waals surface area contributed by atoms with E-state index in [2.05, 4.69) is 15.2 Å². The molecule has 138 valence electrons. The van der Waals surface area contributed by atoms with Crippen LogP contribution in [0.2, 0.25) is 0 Å². The van der Waals surface area contributed by atoms with Crippen molar-refractivity contribution < 1.29 is 19.1 Å². The summed E-state index contributed by atoms with van der Waals surface area (Å²) in [6.45, 7) is 3.22. The molecule has 0 spiro atoms. The molecular formula is C18H22N4O4. The Morgan fingerprint density at radius 2 is 2.19 bits per heavy atom. The summed E-state index contributed by atoms with van der Waals surface area (Å²) >= 11 is 0. The van der Waals surface area contributed by atoms with Gasteiger partial charge in [0.25, 0.3) is 5.91 Å². The Morgan fingerprint density at radius 3 is 2.88 bits per heavy atom. The summed E-state index contributed by atoms with van der Waals surface area (Å²) in [4.78, 5) is 17.9. The van der Waals surface area contributed by atoms with E-state index in [0.29, 0.717) is 18.4 Å². The van der Waals surface area contributed by atoms with Gasteiger partial charge in [0.05, 0.1) is 16.9 Å². The van der Waals surface area contributed by atoms with Gasteiger partial charge in [0.2, 0.25) is 5.89 Å². The van der Waals surface area contributed by atoms with Gasteiger partial charge < -0.3 is 30.2 Å². The standard InChI is InChI=1S/C18H22N4O4/c19-17(24)14-10-26-18(21-14)12-7-13-16(25-6-3-20-13)8-15(12)22-4-1-11(9-23)2-5-22/h7-8,10-11,20,23H,1-6,9H2,(H2,19,24). The smallest absolute Gasteiger partial charge is 0.270 e. The Kier molecular flexibility index (Phi) is 4.42. The highest BCUT2D eigenvalue weighted by atomic mass is 16.5. The molecule has 0 bridgehead atoms. The van der Waals surface area contributed by atoms with Gasteiger partial charge in [-0.2, -0.15) is 0 Å². The van der Waals surface area contributed by atoms with E-state index in [1.807, 2.05) is 12.1 Å². The number of anilines is 2. The van der Waals surface area contributed by atoms with Gasteiger partial charge in [0.15, 0.2) is 5.69 Å². The molecule has 1 aromatic heterocycles. The number of nitrogens with one attached hydrogen (secondary N) is 1. The van der Waals surface area contributed by atoms with Crippen molar-refractivity contribution in [3.05, 3.63) is 24.1 Å². The Labute approximate surface area is 150 Å². The van der Waals surface area contributed by atoms with E-state index in [1.54, 1.807) is 0 Å². The maximum absolute atomic E-state index is 11.4. The van der Waals surface area contributed by atoms with Gasteiger partial charge in [-0.25, -0.2) is 4.98 Å². The van der Waals surface area contributed by atoms with Crippen LogP contribution in [0, 0.1) is 5.92 Å². The third-order valence-corrected chi connectivity index (χ3v) is 4.97. The topological polar surface area (TPSA) is 114 Å². The summed E-state index contributed by atoms with van der Waals surface area (Å²) in [5.41, 5.74) is 8.01. The summed E-state index contributed by atoms with van der Waals surface area (Å²) in [6, 6.07) is 3.93. The van der Waals surface area contributed by atoms with Crippen LogP contribution in [-0.2, 0) is 0 Å². The minimum absolute atomic E-state index is 0.104. The third-order valence-electron chi connectivity index (χ3n) is 4.97. The number of piperidine rings is 1. The number of hydrogen-bond acceptors (Lipinski definition) is 7. The largest absolute Gasteiger partial charge is 0.490 e. The number of carbonyl (C=O) groups is 1. The fraction of sp³-hybridized carbons (Fsp3) is 0.444. The van der Waals surface area contributed by atoms with Crippen LogP contribution >= 0.6 is 0 Å². The molecule has 0 atom stereocenters. The number of rotatable bonds is 4. The van der Waals surface area contributed by atoms with Crippen molar-refractivity contribution in [3.63, 3.8) is 0 Å². The van der Waals surface area contributed by atoms with Crippen LogP contribution in [0.25, 0.3) is 11.5 Å². The number of amides is 1. The second kappa shape index (κ2) is 6.87. The number of benzene rings is 1. The normalized spacial score (nSPS) is 17.3. The van der Waals surface area contributed by atoms with Crippen LogP contribution in [-0.4, -0.2) is 48.8 Å². The SMILES string of the molecule is NC(=O)c1coc(-c2cc3c(cc2N2CCC(CO)CC2)OCCN3)n1. The first-order chi connectivity index (χ1) is 12.7. The van der Waals surface area contributed by atoms with Gasteiger partial charge in [-0.05, 0) is 24.8 Å². The molecule has 2 aromatic rings. The lowest BCUT2D eigenvalue weighted by Crippen LogP contribution is -2.35. The van der Waals surface area contributed by atoms with Crippen molar-refractivity contribution in [2.75, 3.05) is 43.1 Å². The van der Waals surface area contributed by atoms with Crippen LogP contribution in [0.4, 0.5) is 11.4 Å². The third kappa shape index (κ3) is 3.08. The van der Waals surface area contributed by atoms with Crippen molar-refractivity contribution >= 4 is 17.3 Å². The van der Waals surface area contributed by atoms with Crippen LogP contribution in [0.1, 0.15) is 23.3 Å². The van der Waals surface area contributed by atoms with Crippen LogP contribution in [0.5, 0.6) is 5.75 Å². The summed E-state index contributed by atoms with van der Waals surface area (Å²) in [6.07, 6.45) is 3.12. The number of ether oxygens (including phenoxy) is 1. The average Bonchev–Trinajstić information content (AvgIpc) is 3.17. The summed E-state index contributed by atoms with van der Waals surface area (Å²) in [5, 5.41) is 12.7. The second-order valence-corrected chi connectivity index (χ2v) is 6.66. The molecular weight excluding hydrogens is 336 g/mol. The lowest BCUT2D eigenvalue weighted by Gasteiger charge is -2.34. The molecule has 1 amide bonds. The second-order valence-electron chi connectivity index (χ2n) is 6.66. The number of aliphatic hydroxyl groups is 1. The maximum Gasteiger partial charge on any atom is 0.270 e. The minimum Gasteiger partial charge on any atom is -0.490 e. The fourth-order valence-corrected chi connectivity index (χ4v) is 3.47. The zero-order valence-corrected chi connectivity index (χ0v) is 14.4. The fourth-order valence-electron chi connectivity index (χ4n) is 3.47.